The van der Waals surface area contributed by atoms with Crippen LogP contribution in [0.25, 0.3) is 0 Å². The molecule has 0 atom stereocenters. The van der Waals surface area contributed by atoms with Crippen LogP contribution in [0.15, 0.2) is 0 Å². The van der Waals surface area contributed by atoms with Gasteiger partial charge in [-0.05, 0) is 47.0 Å². The van der Waals surface area contributed by atoms with Crippen molar-refractivity contribution in [2.75, 3.05) is 13.2 Å². The van der Waals surface area contributed by atoms with E-state index in [2.05, 4.69) is 46.6 Å². The van der Waals surface area contributed by atoms with Crippen LogP contribution in [0.2, 0.25) is 0 Å². The van der Waals surface area contributed by atoms with Crippen LogP contribution >= 0.6 is 0 Å². The number of hydrogen-bond acceptors (Lipinski definition) is 4. The SMILES string of the molecule is CCCCCCCCCCCC[N+]1(C2CC(C)(C)N(OCCCCCCC)C(C)(C)C2)C(=O)CCC1=O. The predicted molar refractivity (Wildman–Crippen MR) is 154 cm³/mol. The molecule has 2 aliphatic rings. The number of likely N-dealkylation sites (tertiary alicyclic amines) is 1. The second-order valence-corrected chi connectivity index (χ2v) is 13.3. The minimum atomic E-state index is -0.220. The summed E-state index contributed by atoms with van der Waals surface area (Å²) < 4.78 is 0.106. The Bertz CT molecular complexity index is 654. The molecular formula is C32H61N2O3+. The third-order valence-corrected chi connectivity index (χ3v) is 8.97. The van der Waals surface area contributed by atoms with E-state index in [1.165, 1.54) is 77.0 Å². The predicted octanol–water partition coefficient (Wildman–Crippen LogP) is 8.49. The van der Waals surface area contributed by atoms with Crippen molar-refractivity contribution in [1.29, 1.82) is 0 Å². The second kappa shape index (κ2) is 15.7. The molecule has 37 heavy (non-hydrogen) atoms. The molecular weight excluding hydrogens is 460 g/mol. The number of rotatable bonds is 19. The summed E-state index contributed by atoms with van der Waals surface area (Å²) in [7, 11) is 0. The first-order valence-corrected chi connectivity index (χ1v) is 16.0. The third-order valence-electron chi connectivity index (χ3n) is 8.97. The highest BCUT2D eigenvalue weighted by atomic mass is 16.7. The summed E-state index contributed by atoms with van der Waals surface area (Å²) in [5.74, 6) is 0.339. The van der Waals surface area contributed by atoms with Gasteiger partial charge in [0, 0.05) is 23.9 Å². The molecule has 0 aromatic rings. The standard InChI is InChI=1S/C32H61N2O3/c1-7-9-11-13-14-15-16-17-18-20-24-34(29(35)22-23-30(34)36)28-26-31(3,4)33(32(5,6)27-28)37-25-21-19-12-10-8-2/h28H,7-27H2,1-6H3/q+1. The van der Waals surface area contributed by atoms with Crippen molar-refractivity contribution in [1.82, 2.24) is 5.06 Å². The number of piperidine rings is 1. The third kappa shape index (κ3) is 9.14. The molecule has 0 unspecified atom stereocenters. The number of imide groups is 1. The summed E-state index contributed by atoms with van der Waals surface area (Å²) in [5.41, 5.74) is -0.440. The van der Waals surface area contributed by atoms with E-state index in [-0.39, 0.29) is 33.4 Å². The first-order valence-electron chi connectivity index (χ1n) is 16.0. The lowest BCUT2D eigenvalue weighted by atomic mass is 9.77. The fraction of sp³-hybridized carbons (Fsp3) is 0.938. The fourth-order valence-corrected chi connectivity index (χ4v) is 7.17. The molecule has 5 heteroatoms. The lowest BCUT2D eigenvalue weighted by molar-refractivity contribution is -0.806. The van der Waals surface area contributed by atoms with Gasteiger partial charge in [0.1, 0.15) is 6.04 Å². The van der Waals surface area contributed by atoms with Crippen molar-refractivity contribution in [3.8, 4) is 0 Å². The Labute approximate surface area is 229 Å². The zero-order chi connectivity index (χ0) is 27.4. The molecule has 5 nitrogen and oxygen atoms in total. The van der Waals surface area contributed by atoms with Crippen LogP contribution in [0.4, 0.5) is 0 Å². The van der Waals surface area contributed by atoms with Crippen molar-refractivity contribution in [3.05, 3.63) is 0 Å². The number of hydrogen-bond donors (Lipinski definition) is 0. The van der Waals surface area contributed by atoms with Crippen LogP contribution in [0.3, 0.4) is 0 Å². The number of unbranched alkanes of at least 4 members (excludes halogenated alkanes) is 13. The molecule has 0 aromatic heterocycles. The van der Waals surface area contributed by atoms with Gasteiger partial charge in [0.25, 0.3) is 0 Å². The van der Waals surface area contributed by atoms with E-state index in [4.69, 9.17) is 4.84 Å². The van der Waals surface area contributed by atoms with Gasteiger partial charge in [-0.15, -0.1) is 0 Å². The molecule has 2 amide bonds. The summed E-state index contributed by atoms with van der Waals surface area (Å²) >= 11 is 0. The molecule has 2 aliphatic heterocycles. The molecule has 0 aromatic carbocycles. The van der Waals surface area contributed by atoms with Gasteiger partial charge in [-0.2, -0.15) is 9.55 Å². The zero-order valence-electron chi connectivity index (χ0n) is 25.5. The van der Waals surface area contributed by atoms with E-state index >= 15 is 0 Å². The van der Waals surface area contributed by atoms with Crippen molar-refractivity contribution in [2.24, 2.45) is 0 Å². The lowest BCUT2D eigenvalue weighted by Crippen LogP contribution is -2.70. The topological polar surface area (TPSA) is 46.6 Å². The van der Waals surface area contributed by atoms with Crippen LogP contribution in [0, 0.1) is 0 Å². The molecule has 2 saturated heterocycles. The Balaban J connectivity index is 1.94. The van der Waals surface area contributed by atoms with E-state index in [1.54, 1.807) is 0 Å². The average molecular weight is 522 g/mol. The highest BCUT2D eigenvalue weighted by Gasteiger charge is 2.60. The maximum atomic E-state index is 13.4. The Kier molecular flexibility index (Phi) is 13.8. The van der Waals surface area contributed by atoms with Crippen molar-refractivity contribution in [2.45, 2.75) is 181 Å². The van der Waals surface area contributed by atoms with Gasteiger partial charge in [-0.25, -0.2) is 9.59 Å². The van der Waals surface area contributed by atoms with Crippen molar-refractivity contribution < 1.29 is 18.9 Å². The van der Waals surface area contributed by atoms with E-state index < -0.39 is 0 Å². The summed E-state index contributed by atoms with van der Waals surface area (Å²) in [6, 6.07) is 0.0514. The van der Waals surface area contributed by atoms with E-state index in [0.717, 1.165) is 38.7 Å². The normalized spacial score (nSPS) is 21.7. The summed E-state index contributed by atoms with van der Waals surface area (Å²) in [5, 5.41) is 2.21. The molecule has 216 valence electrons. The first kappa shape index (κ1) is 32.4. The number of quaternary nitrogens is 1. The van der Waals surface area contributed by atoms with Gasteiger partial charge in [0.05, 0.1) is 26.0 Å². The van der Waals surface area contributed by atoms with Gasteiger partial charge >= 0.3 is 11.8 Å². The van der Waals surface area contributed by atoms with Crippen molar-refractivity contribution >= 4 is 11.8 Å². The number of hydroxylamine groups is 2. The number of amides is 2. The molecule has 0 aliphatic carbocycles. The second-order valence-electron chi connectivity index (χ2n) is 13.3. The summed E-state index contributed by atoms with van der Waals surface area (Å²) in [6.45, 7) is 14.9. The van der Waals surface area contributed by atoms with Gasteiger partial charge in [-0.1, -0.05) is 90.9 Å². The van der Waals surface area contributed by atoms with E-state index in [0.29, 0.717) is 19.4 Å². The van der Waals surface area contributed by atoms with Crippen LogP contribution in [-0.4, -0.2) is 51.6 Å². The minimum Gasteiger partial charge on any atom is -0.298 e. The zero-order valence-corrected chi connectivity index (χ0v) is 25.5. The highest BCUT2D eigenvalue weighted by Crippen LogP contribution is 2.45. The van der Waals surface area contributed by atoms with E-state index in [1.807, 2.05) is 0 Å². The maximum Gasteiger partial charge on any atom is 0.322 e. The number of nitrogens with zero attached hydrogens (tertiary/aromatic N) is 2. The summed E-state index contributed by atoms with van der Waals surface area (Å²) in [4.78, 5) is 33.2. The minimum absolute atomic E-state index is 0.0514. The fourth-order valence-electron chi connectivity index (χ4n) is 7.17. The van der Waals surface area contributed by atoms with Gasteiger partial charge in [0.15, 0.2) is 0 Å². The van der Waals surface area contributed by atoms with Crippen LogP contribution in [0.1, 0.15) is 164 Å². The Morgan fingerprint density at radius 1 is 0.676 bits per heavy atom. The number of carbonyl (C=O) groups is 2. The first-order chi connectivity index (χ1) is 17.6. The summed E-state index contributed by atoms with van der Waals surface area (Å²) in [6.07, 6.45) is 21.3. The lowest BCUT2D eigenvalue weighted by Gasteiger charge is -2.55. The van der Waals surface area contributed by atoms with Crippen LogP contribution in [0.5, 0.6) is 0 Å². The van der Waals surface area contributed by atoms with Gasteiger partial charge in [0.2, 0.25) is 0 Å². The Hall–Kier alpha value is -0.780. The molecule has 2 rings (SSSR count). The van der Waals surface area contributed by atoms with E-state index in [9.17, 15) is 9.59 Å². The maximum absolute atomic E-state index is 13.4. The largest absolute Gasteiger partial charge is 0.322 e. The number of carbonyl (C=O) groups excluding carboxylic acids is 2. The Morgan fingerprint density at radius 2 is 1.08 bits per heavy atom. The molecule has 0 N–H and O–H groups in total. The molecule has 0 radical (unpaired) electrons. The molecule has 0 saturated carbocycles. The van der Waals surface area contributed by atoms with Gasteiger partial charge in [-0.3, -0.25) is 4.84 Å². The Morgan fingerprint density at radius 3 is 1.54 bits per heavy atom. The smallest absolute Gasteiger partial charge is 0.298 e. The van der Waals surface area contributed by atoms with Gasteiger partial charge < -0.3 is 0 Å². The highest BCUT2D eigenvalue weighted by molar-refractivity contribution is 5.92. The quantitative estimate of drug-likeness (QED) is 0.0971. The molecule has 0 bridgehead atoms. The van der Waals surface area contributed by atoms with Crippen molar-refractivity contribution in [3.63, 3.8) is 0 Å². The van der Waals surface area contributed by atoms with Crippen LogP contribution < -0.4 is 0 Å². The molecule has 0 spiro atoms. The monoisotopic (exact) mass is 521 g/mol. The average Bonchev–Trinajstić information content (AvgIpc) is 3.12. The molecule has 2 heterocycles. The molecule has 2 fully saturated rings. The van der Waals surface area contributed by atoms with Crippen LogP contribution in [-0.2, 0) is 14.4 Å².